The van der Waals surface area contributed by atoms with E-state index in [1.165, 1.54) is 5.34 Å². The summed E-state index contributed by atoms with van der Waals surface area (Å²) in [6.45, 7) is 0. The van der Waals surface area contributed by atoms with Gasteiger partial charge in [0.1, 0.15) is 5.34 Å². The standard InChI is InChI=1S/3K.2HNO3.2H2O4S/c;;;2-1-4-3;2-1(3)4;2*1-5(2,3)4/h;;;3H;(H,2,3,4);2*(H2,1,2,3,4)/q3*+1;;;;/p-3. The molecule has 0 aliphatic carbocycles. The van der Waals surface area contributed by atoms with E-state index in [2.05, 4.69) is 4.99 Å². The number of hydrogen-bond acceptors (Lipinski definition) is 12. The van der Waals surface area contributed by atoms with Crippen molar-refractivity contribution in [3.63, 3.8) is 0 Å². The fourth-order valence-electron chi connectivity index (χ4n) is 0. The minimum Gasteiger partial charge on any atom is -0.759 e. The Morgan fingerprint density at radius 1 is 1.00 bits per heavy atom. The van der Waals surface area contributed by atoms with Crippen LogP contribution in [-0.4, -0.2) is 45.3 Å². The maximum atomic E-state index is 8.74. The first-order valence-electron chi connectivity index (χ1n) is 2.46. The second-order valence-electron chi connectivity index (χ2n) is 1.24. The Kier molecular flexibility index (Phi) is 58.8. The van der Waals surface area contributed by atoms with Crippen LogP contribution in [0.15, 0.2) is 5.34 Å². The van der Waals surface area contributed by atoms with E-state index in [-0.39, 0.29) is 154 Å². The Morgan fingerprint density at radius 3 is 1.05 bits per heavy atom. The molecular weight excluding hydrogens is 433 g/mol. The van der Waals surface area contributed by atoms with Crippen molar-refractivity contribution in [2.45, 2.75) is 0 Å². The van der Waals surface area contributed by atoms with Crippen LogP contribution < -0.4 is 159 Å². The molecule has 0 aromatic heterocycles. The summed E-state index contributed by atoms with van der Waals surface area (Å²) >= 11 is 0. The van der Waals surface area contributed by atoms with Crippen molar-refractivity contribution in [2.75, 3.05) is 0 Å². The molecule has 21 heavy (non-hydrogen) atoms. The summed E-state index contributed by atoms with van der Waals surface area (Å²) < 4.78 is 65.7. The second-order valence-corrected chi connectivity index (χ2v) is 2.96. The van der Waals surface area contributed by atoms with Gasteiger partial charge in [0.15, 0.2) is 0 Å². The van der Waals surface area contributed by atoms with Crippen LogP contribution in [0.5, 0.6) is 0 Å². The van der Waals surface area contributed by atoms with Gasteiger partial charge in [-0.25, -0.2) is 0 Å². The van der Waals surface area contributed by atoms with Crippen molar-refractivity contribution < 1.29 is 210 Å². The van der Waals surface area contributed by atoms with Crippen LogP contribution in [0.1, 0.15) is 0 Å². The van der Waals surface area contributed by atoms with Gasteiger partial charge in [0.2, 0.25) is 0 Å². The zero-order chi connectivity index (χ0) is 16.0. The minimum absolute atomic E-state index is 0. The minimum atomic E-state index is -5.17. The van der Waals surface area contributed by atoms with Crippen LogP contribution >= 0.6 is 0 Å². The fraction of sp³-hybridized carbons (Fsp3) is 0. The molecule has 21 heteroatoms. The molecule has 0 amide bonds. The predicted octanol–water partition coefficient (Wildman–Crippen LogP) is -12.4. The first-order chi connectivity index (χ1) is 7.65. The van der Waals surface area contributed by atoms with Crippen molar-refractivity contribution in [1.29, 1.82) is 0 Å². The molecule has 0 aliphatic rings. The molecule has 0 rings (SSSR count). The third kappa shape index (κ3) is 589. The van der Waals surface area contributed by atoms with Crippen molar-refractivity contribution in [3.8, 4) is 0 Å². The van der Waals surface area contributed by atoms with Gasteiger partial charge in [0, 0.05) is 10.4 Å². The summed E-state index contributed by atoms with van der Waals surface area (Å²) in [6.07, 6.45) is 0. The van der Waals surface area contributed by atoms with Crippen LogP contribution in [0.4, 0.5) is 0 Å². The van der Waals surface area contributed by atoms with E-state index in [0.29, 0.717) is 0 Å². The van der Waals surface area contributed by atoms with Crippen molar-refractivity contribution in [3.05, 3.63) is 15.0 Å². The molecule has 0 bridgehead atoms. The summed E-state index contributed by atoms with van der Waals surface area (Å²) in [5.41, 5.74) is 0. The van der Waals surface area contributed by atoms with E-state index in [0.717, 1.165) is 0 Å². The molecule has 0 unspecified atom stereocenters. The Labute approximate surface area is 244 Å². The zero-order valence-electron chi connectivity index (χ0n) is 10.5. The van der Waals surface area contributed by atoms with E-state index < -0.39 is 25.9 Å². The van der Waals surface area contributed by atoms with Crippen LogP contribution in [-0.2, 0) is 25.8 Å². The summed E-state index contributed by atoms with van der Waals surface area (Å²) in [7, 11) is -9.83. The van der Waals surface area contributed by atoms with Gasteiger partial charge in [-0.2, -0.15) is 8.42 Å². The molecule has 0 aromatic carbocycles. The quantitative estimate of drug-likeness (QED) is 0.0654. The third-order valence-corrected chi connectivity index (χ3v) is 0.0304. The van der Waals surface area contributed by atoms with Gasteiger partial charge in [-0.3, -0.25) is 17.5 Å². The smallest absolute Gasteiger partial charge is 0.759 e. The maximum absolute atomic E-state index is 8.74. The Bertz CT molecular complexity index is 348. The van der Waals surface area contributed by atoms with E-state index in [9.17, 15) is 0 Å². The molecule has 0 aromatic rings. The molecule has 0 radical (unpaired) electrons. The van der Waals surface area contributed by atoms with E-state index in [4.69, 9.17) is 60.5 Å². The monoisotopic (exact) mass is 436 g/mol. The summed E-state index contributed by atoms with van der Waals surface area (Å²) in [4.78, 5) is 19.1. The molecule has 0 atom stereocenters. The number of hydrogen-bond donors (Lipinski definition) is 3. The maximum Gasteiger partial charge on any atom is 1.00 e. The topological polar surface area (TPSA) is 280 Å². The van der Waals surface area contributed by atoms with E-state index in [1.54, 1.807) is 0 Å². The molecule has 3 N–H and O–H groups in total. The Hall–Kier alpha value is 3.21. The molecule has 0 saturated heterocycles. The second kappa shape index (κ2) is 28.0. The van der Waals surface area contributed by atoms with Crippen LogP contribution in [0.3, 0.4) is 0 Å². The van der Waals surface area contributed by atoms with Crippen molar-refractivity contribution in [1.82, 2.24) is 0 Å². The largest absolute Gasteiger partial charge is 1.00 e. The van der Waals surface area contributed by atoms with Crippen molar-refractivity contribution in [2.24, 2.45) is 5.34 Å². The van der Waals surface area contributed by atoms with E-state index in [1.807, 2.05) is 0 Å². The number of nitrogens with zero attached hydrogens (tertiary/aromatic N) is 2. The molecular formula is H3K3N2O14S2. The molecule has 0 aliphatic heterocycles. The molecule has 16 nitrogen and oxygen atoms in total. The summed E-state index contributed by atoms with van der Waals surface area (Å²) in [5.74, 6) is 0. The van der Waals surface area contributed by atoms with Gasteiger partial charge in [-0.1, -0.05) is 0 Å². The van der Waals surface area contributed by atoms with Gasteiger partial charge < -0.3 is 24.6 Å². The normalized spacial score (nSPS) is 7.67. The predicted molar refractivity (Wildman–Crippen MR) is 40.3 cm³/mol. The van der Waals surface area contributed by atoms with Crippen molar-refractivity contribution >= 4 is 20.8 Å². The molecule has 0 saturated carbocycles. The first kappa shape index (κ1) is 44.0. The van der Waals surface area contributed by atoms with Crippen LogP contribution in [0.2, 0.25) is 0 Å². The molecule has 0 heterocycles. The van der Waals surface area contributed by atoms with Gasteiger partial charge >= 0.3 is 165 Å². The van der Waals surface area contributed by atoms with Gasteiger partial charge in [0.05, 0.1) is 0 Å². The molecule has 112 valence electrons. The Morgan fingerprint density at radius 2 is 1.05 bits per heavy atom. The number of rotatable bonds is 1. The van der Waals surface area contributed by atoms with Crippen LogP contribution in [0.25, 0.3) is 0 Å². The molecule has 0 fully saturated rings. The van der Waals surface area contributed by atoms with Gasteiger partial charge in [-0.15, -0.1) is 15.0 Å². The fourth-order valence-corrected chi connectivity index (χ4v) is 0. The zero-order valence-corrected chi connectivity index (χ0v) is 21.5. The van der Waals surface area contributed by atoms with Gasteiger partial charge in [0.25, 0.3) is 5.09 Å². The van der Waals surface area contributed by atoms with Crippen LogP contribution in [0, 0.1) is 15.0 Å². The third-order valence-electron chi connectivity index (χ3n) is 0.0304. The average Bonchev–Trinajstić information content (AvgIpc) is 1.96. The Balaban J connectivity index is -0.0000000239. The van der Waals surface area contributed by atoms with E-state index >= 15 is 0 Å². The summed E-state index contributed by atoms with van der Waals surface area (Å²) in [6, 6.07) is 0. The van der Waals surface area contributed by atoms with Gasteiger partial charge in [-0.05, 0) is 0 Å². The first-order valence-corrected chi connectivity index (χ1v) is 5.19. The average molecular weight is 436 g/mol. The summed E-state index contributed by atoms with van der Waals surface area (Å²) in [5, 5.41) is 23.4. The SMILES string of the molecule is O=NO[O-].O=S(=O)(O)O.O=S(=O)([O-])[O-].O=[N+]([O-])O.[K+].[K+].[K+]. The molecule has 0 spiro atoms.